The van der Waals surface area contributed by atoms with Crippen molar-refractivity contribution < 1.29 is 9.53 Å². The van der Waals surface area contributed by atoms with Crippen molar-refractivity contribution in [3.05, 3.63) is 30.0 Å². The summed E-state index contributed by atoms with van der Waals surface area (Å²) in [5.41, 5.74) is 2.33. The maximum atomic E-state index is 12.8. The first-order valence-electron chi connectivity index (χ1n) is 10.1. The number of fused-ring (bicyclic) bond motifs is 1. The Bertz CT molecular complexity index is 907. The molecule has 0 unspecified atom stereocenters. The Hall–Kier alpha value is -2.81. The summed E-state index contributed by atoms with van der Waals surface area (Å²) in [6, 6.07) is 8.06. The number of hydrogen-bond donors (Lipinski definition) is 0. The Kier molecular flexibility index (Phi) is 5.34. The molecule has 1 aromatic heterocycles. The van der Waals surface area contributed by atoms with Gasteiger partial charge in [0.25, 0.3) is 0 Å². The van der Waals surface area contributed by atoms with Gasteiger partial charge in [0, 0.05) is 49.7 Å². The molecule has 0 spiro atoms. The number of methoxy groups -OCH3 is 1. The van der Waals surface area contributed by atoms with E-state index in [1.807, 2.05) is 18.2 Å². The van der Waals surface area contributed by atoms with Gasteiger partial charge in [-0.2, -0.15) is 5.26 Å². The molecule has 2 saturated heterocycles. The Morgan fingerprint density at radius 1 is 1.18 bits per heavy atom. The lowest BCUT2D eigenvalue weighted by molar-refractivity contribution is -0.137. The van der Waals surface area contributed by atoms with Crippen LogP contribution in [0.25, 0.3) is 10.9 Å². The van der Waals surface area contributed by atoms with Crippen LogP contribution in [0.4, 0.5) is 5.69 Å². The number of hydrogen-bond acceptors (Lipinski definition) is 5. The first-order chi connectivity index (χ1) is 13.7. The third kappa shape index (κ3) is 3.49. The van der Waals surface area contributed by atoms with Gasteiger partial charge in [-0.3, -0.25) is 9.78 Å². The van der Waals surface area contributed by atoms with Crippen molar-refractivity contribution >= 4 is 22.5 Å². The second-order valence-electron chi connectivity index (χ2n) is 7.66. The van der Waals surface area contributed by atoms with E-state index >= 15 is 0 Å². The SMILES string of the molecule is COc1ccc2c(N3CCC(C(=O)N4CCCCC4)CC3)c(C#N)cnc2c1. The van der Waals surface area contributed by atoms with Gasteiger partial charge in [-0.1, -0.05) is 0 Å². The van der Waals surface area contributed by atoms with Crippen LogP contribution in [0.3, 0.4) is 0 Å². The molecule has 0 N–H and O–H groups in total. The number of aromatic nitrogens is 1. The normalized spacial score (nSPS) is 18.1. The van der Waals surface area contributed by atoms with Crippen molar-refractivity contribution in [2.45, 2.75) is 32.1 Å². The fourth-order valence-corrected chi connectivity index (χ4v) is 4.43. The molecule has 3 heterocycles. The fraction of sp³-hybridized carbons (Fsp3) is 0.500. The van der Waals surface area contributed by atoms with Gasteiger partial charge >= 0.3 is 0 Å². The van der Waals surface area contributed by atoms with Crippen LogP contribution < -0.4 is 9.64 Å². The van der Waals surface area contributed by atoms with Crippen molar-refractivity contribution in [1.29, 1.82) is 5.26 Å². The molecule has 2 aromatic rings. The molecular weight excluding hydrogens is 352 g/mol. The zero-order valence-corrected chi connectivity index (χ0v) is 16.4. The summed E-state index contributed by atoms with van der Waals surface area (Å²) in [6.07, 6.45) is 6.80. The van der Waals surface area contributed by atoms with Crippen LogP contribution in [0.5, 0.6) is 5.75 Å². The summed E-state index contributed by atoms with van der Waals surface area (Å²) in [6.45, 7) is 3.39. The van der Waals surface area contributed by atoms with Crippen molar-refractivity contribution in [3.8, 4) is 11.8 Å². The smallest absolute Gasteiger partial charge is 0.225 e. The molecule has 146 valence electrons. The second kappa shape index (κ2) is 8.05. The summed E-state index contributed by atoms with van der Waals surface area (Å²) < 4.78 is 5.30. The van der Waals surface area contributed by atoms with Gasteiger partial charge in [0.2, 0.25) is 5.91 Å². The third-order valence-corrected chi connectivity index (χ3v) is 6.00. The maximum absolute atomic E-state index is 12.8. The topological polar surface area (TPSA) is 69.5 Å². The molecule has 1 aromatic carbocycles. The Morgan fingerprint density at radius 2 is 1.93 bits per heavy atom. The predicted octanol–water partition coefficient (Wildman–Crippen LogP) is 3.34. The molecule has 0 atom stereocenters. The average Bonchev–Trinajstić information content (AvgIpc) is 2.78. The maximum Gasteiger partial charge on any atom is 0.225 e. The minimum atomic E-state index is 0.105. The zero-order valence-electron chi connectivity index (χ0n) is 16.4. The quantitative estimate of drug-likeness (QED) is 0.819. The number of carbonyl (C=O) groups is 1. The number of benzene rings is 1. The van der Waals surface area contributed by atoms with Crippen LogP contribution in [0.1, 0.15) is 37.7 Å². The lowest BCUT2D eigenvalue weighted by Gasteiger charge is -2.37. The first-order valence-corrected chi connectivity index (χ1v) is 10.1. The Morgan fingerprint density at radius 3 is 2.61 bits per heavy atom. The average molecular weight is 378 g/mol. The standard InChI is InChI=1S/C22H26N4O2/c1-28-18-5-6-19-20(13-18)24-15-17(14-23)21(19)25-11-7-16(8-12-25)22(27)26-9-3-2-4-10-26/h5-6,13,15-16H,2-4,7-12H2,1H3. The van der Waals surface area contributed by atoms with E-state index < -0.39 is 0 Å². The Balaban J connectivity index is 1.55. The molecule has 0 radical (unpaired) electrons. The predicted molar refractivity (Wildman–Crippen MR) is 108 cm³/mol. The molecule has 1 amide bonds. The number of carbonyl (C=O) groups excluding carboxylic acids is 1. The van der Waals surface area contributed by atoms with Gasteiger partial charge in [0.1, 0.15) is 11.8 Å². The van der Waals surface area contributed by atoms with Crippen molar-refractivity contribution in [1.82, 2.24) is 9.88 Å². The summed E-state index contributed by atoms with van der Waals surface area (Å²) in [4.78, 5) is 21.6. The van der Waals surface area contributed by atoms with E-state index in [4.69, 9.17) is 4.74 Å². The number of piperidine rings is 2. The fourth-order valence-electron chi connectivity index (χ4n) is 4.43. The van der Waals surface area contributed by atoms with Gasteiger partial charge < -0.3 is 14.5 Å². The molecule has 0 saturated carbocycles. The minimum Gasteiger partial charge on any atom is -0.497 e. The number of anilines is 1. The highest BCUT2D eigenvalue weighted by atomic mass is 16.5. The van der Waals surface area contributed by atoms with Gasteiger partial charge in [-0.25, -0.2) is 0 Å². The number of likely N-dealkylation sites (tertiary alicyclic amines) is 1. The largest absolute Gasteiger partial charge is 0.497 e. The van der Waals surface area contributed by atoms with Crippen molar-refractivity contribution in [2.75, 3.05) is 38.2 Å². The molecule has 28 heavy (non-hydrogen) atoms. The van der Waals surface area contributed by atoms with Crippen molar-refractivity contribution in [3.63, 3.8) is 0 Å². The van der Waals surface area contributed by atoms with E-state index in [0.717, 1.165) is 74.2 Å². The summed E-state index contributed by atoms with van der Waals surface area (Å²) in [5, 5.41) is 10.6. The highest BCUT2D eigenvalue weighted by Crippen LogP contribution is 2.34. The van der Waals surface area contributed by atoms with E-state index in [1.54, 1.807) is 13.3 Å². The highest BCUT2D eigenvalue weighted by Gasteiger charge is 2.30. The first kappa shape index (κ1) is 18.5. The van der Waals surface area contributed by atoms with E-state index in [1.165, 1.54) is 6.42 Å². The highest BCUT2D eigenvalue weighted by molar-refractivity contribution is 5.95. The molecular formula is C22H26N4O2. The van der Waals surface area contributed by atoms with Crippen LogP contribution in [-0.2, 0) is 4.79 Å². The number of rotatable bonds is 3. The minimum absolute atomic E-state index is 0.105. The van der Waals surface area contributed by atoms with Gasteiger partial charge in [-0.15, -0.1) is 0 Å². The lowest BCUT2D eigenvalue weighted by atomic mass is 9.93. The summed E-state index contributed by atoms with van der Waals surface area (Å²) in [7, 11) is 1.63. The molecule has 2 aliphatic rings. The zero-order chi connectivity index (χ0) is 19.5. The third-order valence-electron chi connectivity index (χ3n) is 6.00. The van der Waals surface area contributed by atoms with E-state index in [9.17, 15) is 10.1 Å². The molecule has 6 heteroatoms. The summed E-state index contributed by atoms with van der Waals surface area (Å²) >= 11 is 0. The number of pyridine rings is 1. The van der Waals surface area contributed by atoms with Crippen molar-refractivity contribution in [2.24, 2.45) is 5.92 Å². The molecule has 2 aliphatic heterocycles. The van der Waals surface area contributed by atoms with Crippen LogP contribution in [0.2, 0.25) is 0 Å². The van der Waals surface area contributed by atoms with Crippen LogP contribution >= 0.6 is 0 Å². The van der Waals surface area contributed by atoms with Crippen LogP contribution in [0, 0.1) is 17.2 Å². The van der Waals surface area contributed by atoms with E-state index in [0.29, 0.717) is 11.5 Å². The molecule has 0 aliphatic carbocycles. The number of nitriles is 1. The molecule has 4 rings (SSSR count). The number of ether oxygens (including phenoxy) is 1. The van der Waals surface area contributed by atoms with Crippen LogP contribution in [0.15, 0.2) is 24.4 Å². The molecule has 2 fully saturated rings. The molecule has 6 nitrogen and oxygen atoms in total. The number of nitrogens with zero attached hydrogens (tertiary/aromatic N) is 4. The number of amides is 1. The second-order valence-corrected chi connectivity index (χ2v) is 7.66. The van der Waals surface area contributed by atoms with E-state index in [2.05, 4.69) is 20.9 Å². The lowest BCUT2D eigenvalue weighted by Crippen LogP contribution is -2.44. The van der Waals surface area contributed by atoms with E-state index in [-0.39, 0.29) is 5.92 Å². The summed E-state index contributed by atoms with van der Waals surface area (Å²) in [5.74, 6) is 1.18. The van der Waals surface area contributed by atoms with Gasteiger partial charge in [0.05, 0.1) is 23.9 Å². The van der Waals surface area contributed by atoms with Gasteiger partial charge in [-0.05, 0) is 44.2 Å². The monoisotopic (exact) mass is 378 g/mol. The van der Waals surface area contributed by atoms with Crippen LogP contribution in [-0.4, -0.2) is 49.1 Å². The Labute approximate surface area is 165 Å². The van der Waals surface area contributed by atoms with Gasteiger partial charge in [0.15, 0.2) is 0 Å². The molecule has 0 bridgehead atoms.